The molecule has 2 aromatic carbocycles. The molecule has 94 valence electrons. The lowest BCUT2D eigenvalue weighted by Crippen LogP contribution is -2.01. The van der Waals surface area contributed by atoms with Crippen LogP contribution in [0.15, 0.2) is 53.0 Å². The second-order valence-electron chi connectivity index (χ2n) is 4.11. The Bertz CT molecular complexity index is 513. The third-order valence-electron chi connectivity index (χ3n) is 2.76. The van der Waals surface area contributed by atoms with E-state index in [0.29, 0.717) is 11.1 Å². The van der Waals surface area contributed by atoms with E-state index in [4.69, 9.17) is 4.74 Å². The SMILES string of the molecule is CC(OCc1ccccc1)c1ccc(Br)c(F)c1. The van der Waals surface area contributed by atoms with Gasteiger partial charge in [0, 0.05) is 0 Å². The number of halogens is 2. The molecule has 1 unspecified atom stereocenters. The van der Waals surface area contributed by atoms with Crippen LogP contribution in [-0.2, 0) is 11.3 Å². The lowest BCUT2D eigenvalue weighted by molar-refractivity contribution is 0.0523. The molecule has 0 aliphatic heterocycles. The third-order valence-corrected chi connectivity index (χ3v) is 3.40. The van der Waals surface area contributed by atoms with Crippen molar-refractivity contribution in [3.05, 3.63) is 69.9 Å². The zero-order chi connectivity index (χ0) is 13.0. The van der Waals surface area contributed by atoms with Crippen molar-refractivity contribution in [2.45, 2.75) is 19.6 Å². The van der Waals surface area contributed by atoms with Crippen molar-refractivity contribution in [1.82, 2.24) is 0 Å². The maximum atomic E-state index is 13.4. The van der Waals surface area contributed by atoms with Crippen LogP contribution < -0.4 is 0 Å². The standard InChI is InChI=1S/C15H14BrFO/c1-11(13-7-8-14(16)15(17)9-13)18-10-12-5-3-2-4-6-12/h2-9,11H,10H2,1H3. The normalized spacial score (nSPS) is 12.4. The Morgan fingerprint density at radius 1 is 1.17 bits per heavy atom. The molecule has 0 aliphatic rings. The Morgan fingerprint density at radius 3 is 2.56 bits per heavy atom. The van der Waals surface area contributed by atoms with Crippen molar-refractivity contribution in [3.8, 4) is 0 Å². The maximum absolute atomic E-state index is 13.4. The summed E-state index contributed by atoms with van der Waals surface area (Å²) in [5.74, 6) is -0.261. The molecule has 0 saturated carbocycles. The fourth-order valence-corrected chi connectivity index (χ4v) is 1.90. The summed E-state index contributed by atoms with van der Waals surface area (Å²) in [7, 11) is 0. The molecule has 1 atom stereocenters. The second kappa shape index (κ2) is 6.12. The van der Waals surface area contributed by atoms with Gasteiger partial charge in [-0.15, -0.1) is 0 Å². The summed E-state index contributed by atoms with van der Waals surface area (Å²) in [5, 5.41) is 0. The Morgan fingerprint density at radius 2 is 1.89 bits per heavy atom. The van der Waals surface area contributed by atoms with Crippen LogP contribution in [0.4, 0.5) is 4.39 Å². The minimum Gasteiger partial charge on any atom is -0.369 e. The first-order valence-electron chi connectivity index (χ1n) is 5.77. The van der Waals surface area contributed by atoms with E-state index >= 15 is 0 Å². The van der Waals surface area contributed by atoms with E-state index in [2.05, 4.69) is 15.9 Å². The van der Waals surface area contributed by atoms with Crippen LogP contribution in [0.2, 0.25) is 0 Å². The minimum atomic E-state index is -0.261. The lowest BCUT2D eigenvalue weighted by atomic mass is 10.1. The first-order valence-corrected chi connectivity index (χ1v) is 6.56. The largest absolute Gasteiger partial charge is 0.369 e. The number of benzene rings is 2. The summed E-state index contributed by atoms with van der Waals surface area (Å²) in [4.78, 5) is 0. The fraction of sp³-hybridized carbons (Fsp3) is 0.200. The highest BCUT2D eigenvalue weighted by Gasteiger charge is 2.08. The molecule has 0 bridgehead atoms. The Balaban J connectivity index is 1.99. The van der Waals surface area contributed by atoms with Crippen molar-refractivity contribution in [3.63, 3.8) is 0 Å². The van der Waals surface area contributed by atoms with Gasteiger partial charge in [0.1, 0.15) is 5.82 Å². The van der Waals surface area contributed by atoms with Gasteiger partial charge in [0.2, 0.25) is 0 Å². The Hall–Kier alpha value is -1.19. The van der Waals surface area contributed by atoms with E-state index in [1.54, 1.807) is 6.07 Å². The quantitative estimate of drug-likeness (QED) is 0.783. The third kappa shape index (κ3) is 3.40. The highest BCUT2D eigenvalue weighted by molar-refractivity contribution is 9.10. The highest BCUT2D eigenvalue weighted by Crippen LogP contribution is 2.23. The molecular weight excluding hydrogens is 295 g/mol. The smallest absolute Gasteiger partial charge is 0.137 e. The topological polar surface area (TPSA) is 9.23 Å². The van der Waals surface area contributed by atoms with Crippen LogP contribution in [0.1, 0.15) is 24.2 Å². The summed E-state index contributed by atoms with van der Waals surface area (Å²) < 4.78 is 19.6. The van der Waals surface area contributed by atoms with Crippen LogP contribution in [0, 0.1) is 5.82 Å². The van der Waals surface area contributed by atoms with Gasteiger partial charge in [-0.3, -0.25) is 0 Å². The Labute approximate surface area is 115 Å². The van der Waals surface area contributed by atoms with Gasteiger partial charge in [0.25, 0.3) is 0 Å². The van der Waals surface area contributed by atoms with Gasteiger partial charge in [-0.25, -0.2) is 4.39 Å². The number of hydrogen-bond donors (Lipinski definition) is 0. The average Bonchev–Trinajstić information content (AvgIpc) is 2.40. The fourth-order valence-electron chi connectivity index (χ4n) is 1.66. The van der Waals surface area contributed by atoms with Crippen molar-refractivity contribution in [1.29, 1.82) is 0 Å². The van der Waals surface area contributed by atoms with Crippen LogP contribution in [-0.4, -0.2) is 0 Å². The van der Waals surface area contributed by atoms with Crippen LogP contribution >= 0.6 is 15.9 Å². The average molecular weight is 309 g/mol. The second-order valence-corrected chi connectivity index (χ2v) is 4.97. The molecule has 0 aromatic heterocycles. The number of rotatable bonds is 4. The summed E-state index contributed by atoms with van der Waals surface area (Å²) in [5.41, 5.74) is 1.95. The van der Waals surface area contributed by atoms with Crippen molar-refractivity contribution in [2.75, 3.05) is 0 Å². The van der Waals surface area contributed by atoms with Gasteiger partial charge < -0.3 is 4.74 Å². The molecule has 0 aliphatic carbocycles. The first kappa shape index (κ1) is 13.2. The van der Waals surface area contributed by atoms with Crippen molar-refractivity contribution in [2.24, 2.45) is 0 Å². The van der Waals surface area contributed by atoms with E-state index in [9.17, 15) is 4.39 Å². The zero-order valence-corrected chi connectivity index (χ0v) is 11.7. The molecule has 0 fully saturated rings. The molecular formula is C15H14BrFO. The lowest BCUT2D eigenvalue weighted by Gasteiger charge is -2.14. The summed E-state index contributed by atoms with van der Waals surface area (Å²) in [6.07, 6.45) is -0.132. The molecule has 0 saturated heterocycles. The Kier molecular flexibility index (Phi) is 4.50. The monoisotopic (exact) mass is 308 g/mol. The first-order chi connectivity index (χ1) is 8.66. The van der Waals surface area contributed by atoms with E-state index in [0.717, 1.165) is 11.1 Å². The number of ether oxygens (including phenoxy) is 1. The van der Waals surface area contributed by atoms with E-state index in [-0.39, 0.29) is 11.9 Å². The summed E-state index contributed by atoms with van der Waals surface area (Å²) in [6, 6.07) is 15.0. The van der Waals surface area contributed by atoms with Gasteiger partial charge in [-0.2, -0.15) is 0 Å². The molecule has 3 heteroatoms. The van der Waals surface area contributed by atoms with Crippen molar-refractivity contribution < 1.29 is 9.13 Å². The van der Waals surface area contributed by atoms with E-state index in [1.807, 2.05) is 43.3 Å². The molecule has 0 N–H and O–H groups in total. The summed E-state index contributed by atoms with van der Waals surface area (Å²) >= 11 is 3.14. The highest BCUT2D eigenvalue weighted by atomic mass is 79.9. The molecule has 0 heterocycles. The van der Waals surface area contributed by atoms with Gasteiger partial charge in [-0.05, 0) is 46.1 Å². The predicted octanol–water partition coefficient (Wildman–Crippen LogP) is 4.87. The van der Waals surface area contributed by atoms with Crippen molar-refractivity contribution >= 4 is 15.9 Å². The van der Waals surface area contributed by atoms with Crippen LogP contribution in [0.25, 0.3) is 0 Å². The van der Waals surface area contributed by atoms with E-state index < -0.39 is 0 Å². The molecule has 0 radical (unpaired) electrons. The van der Waals surface area contributed by atoms with Crippen LogP contribution in [0.5, 0.6) is 0 Å². The van der Waals surface area contributed by atoms with E-state index in [1.165, 1.54) is 6.07 Å². The van der Waals surface area contributed by atoms with Gasteiger partial charge in [0.05, 0.1) is 17.2 Å². The molecule has 1 nitrogen and oxygen atoms in total. The molecule has 2 aromatic rings. The van der Waals surface area contributed by atoms with Crippen LogP contribution in [0.3, 0.4) is 0 Å². The van der Waals surface area contributed by atoms with Gasteiger partial charge in [-0.1, -0.05) is 36.4 Å². The molecule has 18 heavy (non-hydrogen) atoms. The maximum Gasteiger partial charge on any atom is 0.137 e. The molecule has 0 spiro atoms. The van der Waals surface area contributed by atoms with Gasteiger partial charge in [0.15, 0.2) is 0 Å². The van der Waals surface area contributed by atoms with Gasteiger partial charge >= 0.3 is 0 Å². The molecule has 0 amide bonds. The predicted molar refractivity (Wildman–Crippen MR) is 73.7 cm³/mol. The summed E-state index contributed by atoms with van der Waals surface area (Å²) in [6.45, 7) is 2.45. The molecule has 2 rings (SSSR count). The zero-order valence-electron chi connectivity index (χ0n) is 10.1. The minimum absolute atomic E-state index is 0.132. The number of hydrogen-bond acceptors (Lipinski definition) is 1.